The van der Waals surface area contributed by atoms with Gasteiger partial charge in [-0.2, -0.15) is 0 Å². The fraction of sp³-hybridized carbons (Fsp3) is 0.579. The number of carbonyl (C=O) groups is 1. The summed E-state index contributed by atoms with van der Waals surface area (Å²) in [6.07, 6.45) is 4.49. The zero-order chi connectivity index (χ0) is 19.2. The van der Waals surface area contributed by atoms with Crippen LogP contribution in [0.1, 0.15) is 37.7 Å². The number of aliphatic imine (C=N–C) groups is 1. The van der Waals surface area contributed by atoms with E-state index in [0.29, 0.717) is 24.5 Å². The largest absolute Gasteiger partial charge is 0.493 e. The third-order valence-corrected chi connectivity index (χ3v) is 3.96. The first kappa shape index (κ1) is 25.3. The fourth-order valence-electron chi connectivity index (χ4n) is 2.45. The smallest absolute Gasteiger partial charge is 0.305 e. The second-order valence-corrected chi connectivity index (χ2v) is 5.78. The monoisotopic (exact) mass is 493 g/mol. The van der Waals surface area contributed by atoms with Crippen LogP contribution in [-0.2, 0) is 16.1 Å². The summed E-state index contributed by atoms with van der Waals surface area (Å²) in [6.45, 7) is 1.48. The molecule has 0 atom stereocenters. The number of ether oxygens (including phenoxy) is 3. The summed E-state index contributed by atoms with van der Waals surface area (Å²) in [5.41, 5.74) is 1.08. The maximum absolute atomic E-state index is 11.0. The number of methoxy groups -OCH3 is 3. The highest BCUT2D eigenvalue weighted by atomic mass is 127. The van der Waals surface area contributed by atoms with E-state index in [2.05, 4.69) is 20.4 Å². The molecule has 0 saturated carbocycles. The quantitative estimate of drug-likeness (QED) is 0.162. The van der Waals surface area contributed by atoms with Gasteiger partial charge in [-0.05, 0) is 30.5 Å². The third kappa shape index (κ3) is 10.3. The predicted octanol–water partition coefficient (Wildman–Crippen LogP) is 3.11. The highest BCUT2D eigenvalue weighted by Gasteiger charge is 2.05. The molecule has 0 amide bonds. The van der Waals surface area contributed by atoms with E-state index in [1.54, 1.807) is 21.3 Å². The molecule has 0 bridgehead atoms. The van der Waals surface area contributed by atoms with Crippen molar-refractivity contribution in [3.05, 3.63) is 23.8 Å². The number of benzene rings is 1. The first-order valence-electron chi connectivity index (χ1n) is 8.86. The Hall–Kier alpha value is -1.71. The van der Waals surface area contributed by atoms with E-state index in [1.165, 1.54) is 7.11 Å². The summed E-state index contributed by atoms with van der Waals surface area (Å²) in [5, 5.41) is 6.57. The van der Waals surface area contributed by atoms with E-state index in [1.807, 2.05) is 18.2 Å². The summed E-state index contributed by atoms with van der Waals surface area (Å²) in [6, 6.07) is 5.82. The van der Waals surface area contributed by atoms with Crippen LogP contribution in [0.25, 0.3) is 0 Å². The van der Waals surface area contributed by atoms with E-state index in [0.717, 1.165) is 43.8 Å². The van der Waals surface area contributed by atoms with Gasteiger partial charge in [0.1, 0.15) is 0 Å². The van der Waals surface area contributed by atoms with Gasteiger partial charge in [0, 0.05) is 26.6 Å². The zero-order valence-electron chi connectivity index (χ0n) is 16.7. The van der Waals surface area contributed by atoms with Gasteiger partial charge in [-0.1, -0.05) is 18.9 Å². The lowest BCUT2D eigenvalue weighted by Gasteiger charge is -2.13. The number of halogens is 1. The van der Waals surface area contributed by atoms with Crippen molar-refractivity contribution in [3.63, 3.8) is 0 Å². The number of rotatable bonds is 11. The molecule has 1 aromatic carbocycles. The molecule has 0 aliphatic rings. The maximum atomic E-state index is 11.0. The van der Waals surface area contributed by atoms with Crippen LogP contribution < -0.4 is 20.1 Å². The standard InChI is InChI=1S/C19H31N3O4.HI/c1-20-19(21-12-8-6-5-7-9-18(23)26-4)22-14-15-10-11-16(24-2)17(13-15)25-3;/h10-11,13H,5-9,12,14H2,1-4H3,(H2,20,21,22);1H. The molecule has 0 aliphatic heterocycles. The molecule has 154 valence electrons. The van der Waals surface area contributed by atoms with Gasteiger partial charge in [0.15, 0.2) is 17.5 Å². The lowest BCUT2D eigenvalue weighted by molar-refractivity contribution is -0.140. The van der Waals surface area contributed by atoms with Gasteiger partial charge in [-0.3, -0.25) is 9.79 Å². The van der Waals surface area contributed by atoms with Gasteiger partial charge in [-0.15, -0.1) is 24.0 Å². The molecule has 0 aliphatic carbocycles. The molecule has 0 unspecified atom stereocenters. The maximum Gasteiger partial charge on any atom is 0.305 e. The Bertz CT molecular complexity index is 582. The SMILES string of the molecule is CN=C(NCCCCCCC(=O)OC)NCc1ccc(OC)c(OC)c1.I. The van der Waals surface area contributed by atoms with E-state index in [-0.39, 0.29) is 29.9 Å². The average Bonchev–Trinajstić information content (AvgIpc) is 2.68. The Morgan fingerprint density at radius 2 is 1.70 bits per heavy atom. The Labute approximate surface area is 179 Å². The Balaban J connectivity index is 0.00000676. The lowest BCUT2D eigenvalue weighted by atomic mass is 10.1. The van der Waals surface area contributed by atoms with Crippen molar-refractivity contribution < 1.29 is 19.0 Å². The van der Waals surface area contributed by atoms with Crippen LogP contribution in [0.2, 0.25) is 0 Å². The highest BCUT2D eigenvalue weighted by Crippen LogP contribution is 2.27. The molecule has 0 saturated heterocycles. The molecule has 7 nitrogen and oxygen atoms in total. The van der Waals surface area contributed by atoms with Gasteiger partial charge in [-0.25, -0.2) is 0 Å². The average molecular weight is 493 g/mol. The summed E-state index contributed by atoms with van der Waals surface area (Å²) in [4.78, 5) is 15.2. The third-order valence-electron chi connectivity index (χ3n) is 3.96. The molecule has 8 heteroatoms. The molecule has 0 fully saturated rings. The van der Waals surface area contributed by atoms with E-state index >= 15 is 0 Å². The van der Waals surface area contributed by atoms with Gasteiger partial charge < -0.3 is 24.8 Å². The van der Waals surface area contributed by atoms with Gasteiger partial charge in [0.25, 0.3) is 0 Å². The number of hydrogen-bond donors (Lipinski definition) is 2. The molecule has 0 aromatic heterocycles. The highest BCUT2D eigenvalue weighted by molar-refractivity contribution is 14.0. The van der Waals surface area contributed by atoms with Crippen LogP contribution in [0.5, 0.6) is 11.5 Å². The van der Waals surface area contributed by atoms with Crippen molar-refractivity contribution in [2.75, 3.05) is 34.9 Å². The normalized spacial score (nSPS) is 10.6. The first-order valence-corrected chi connectivity index (χ1v) is 8.86. The minimum atomic E-state index is -0.136. The molecule has 1 aromatic rings. The van der Waals surface area contributed by atoms with E-state index in [4.69, 9.17) is 9.47 Å². The van der Waals surface area contributed by atoms with Crippen LogP contribution in [0.3, 0.4) is 0 Å². The van der Waals surface area contributed by atoms with Gasteiger partial charge >= 0.3 is 5.97 Å². The second kappa shape index (κ2) is 15.4. The number of nitrogens with one attached hydrogen (secondary N) is 2. The molecule has 1 rings (SSSR count). The number of esters is 1. The van der Waals surface area contributed by atoms with Crippen LogP contribution >= 0.6 is 24.0 Å². The van der Waals surface area contributed by atoms with Gasteiger partial charge in [0.2, 0.25) is 0 Å². The molecule has 0 heterocycles. The van der Waals surface area contributed by atoms with Crippen molar-refractivity contribution in [3.8, 4) is 11.5 Å². The summed E-state index contributed by atoms with van der Waals surface area (Å²) >= 11 is 0. The van der Waals surface area contributed by atoms with Crippen molar-refractivity contribution in [1.82, 2.24) is 10.6 Å². The van der Waals surface area contributed by atoms with Gasteiger partial charge in [0.05, 0.1) is 21.3 Å². The summed E-state index contributed by atoms with van der Waals surface area (Å²) in [7, 11) is 6.42. The summed E-state index contributed by atoms with van der Waals surface area (Å²) < 4.78 is 15.2. The molecule has 0 spiro atoms. The number of carbonyl (C=O) groups excluding carboxylic acids is 1. The first-order chi connectivity index (χ1) is 12.6. The van der Waals surface area contributed by atoms with Crippen LogP contribution in [0.15, 0.2) is 23.2 Å². The van der Waals surface area contributed by atoms with Crippen molar-refractivity contribution in [2.24, 2.45) is 4.99 Å². The molecule has 2 N–H and O–H groups in total. The summed E-state index contributed by atoms with van der Waals surface area (Å²) in [5.74, 6) is 2.05. The molecule has 0 radical (unpaired) electrons. The van der Waals surface area contributed by atoms with E-state index < -0.39 is 0 Å². The minimum Gasteiger partial charge on any atom is -0.493 e. The lowest BCUT2D eigenvalue weighted by Crippen LogP contribution is -2.37. The number of nitrogens with zero attached hydrogens (tertiary/aromatic N) is 1. The fourth-order valence-corrected chi connectivity index (χ4v) is 2.45. The zero-order valence-corrected chi connectivity index (χ0v) is 19.0. The number of unbranched alkanes of at least 4 members (excludes halogenated alkanes) is 3. The number of hydrogen-bond acceptors (Lipinski definition) is 5. The van der Waals surface area contributed by atoms with Crippen LogP contribution in [-0.4, -0.2) is 46.9 Å². The van der Waals surface area contributed by atoms with Crippen molar-refractivity contribution in [2.45, 2.75) is 38.6 Å². The van der Waals surface area contributed by atoms with Crippen LogP contribution in [0.4, 0.5) is 0 Å². The Morgan fingerprint density at radius 1 is 1.00 bits per heavy atom. The van der Waals surface area contributed by atoms with Crippen LogP contribution in [0, 0.1) is 0 Å². The van der Waals surface area contributed by atoms with E-state index in [9.17, 15) is 4.79 Å². The number of guanidine groups is 1. The molecule has 27 heavy (non-hydrogen) atoms. The molecular formula is C19H32IN3O4. The second-order valence-electron chi connectivity index (χ2n) is 5.78. The van der Waals surface area contributed by atoms with Crippen molar-refractivity contribution in [1.29, 1.82) is 0 Å². The topological polar surface area (TPSA) is 81.2 Å². The predicted molar refractivity (Wildman–Crippen MR) is 118 cm³/mol. The Morgan fingerprint density at radius 3 is 2.33 bits per heavy atom. The van der Waals surface area contributed by atoms with Crippen molar-refractivity contribution >= 4 is 35.9 Å². The minimum absolute atomic E-state index is 0. The molecular weight excluding hydrogens is 461 g/mol. The Kier molecular flexibility index (Phi) is 14.4.